The summed E-state index contributed by atoms with van der Waals surface area (Å²) < 4.78 is 5.18. The first kappa shape index (κ1) is 11.7. The van der Waals surface area contributed by atoms with E-state index in [4.69, 9.17) is 15.6 Å². The van der Waals surface area contributed by atoms with Crippen LogP contribution in [0.25, 0.3) is 0 Å². The molecule has 1 aliphatic carbocycles. The third kappa shape index (κ3) is 2.50. The number of carboxylic acids is 1. The lowest BCUT2D eigenvalue weighted by atomic mass is 9.89. The van der Waals surface area contributed by atoms with E-state index in [0.717, 1.165) is 18.5 Å². The first-order chi connectivity index (χ1) is 8.10. The number of carbonyl (C=O) groups is 1. The molecule has 0 unspecified atom stereocenters. The predicted molar refractivity (Wildman–Crippen MR) is 65.3 cm³/mol. The summed E-state index contributed by atoms with van der Waals surface area (Å²) in [5, 5.41) is 12.2. The minimum Gasteiger partial charge on any atom is -0.478 e. The molecule has 1 aliphatic rings. The standard InChI is InChI=1S/C12H16N2O3/c1-17-9-4-8(5-9)14-7-2-3-11(13)10(6-7)12(15)16/h2-3,6,8-9,14H,4-5,13H2,1H3,(H,15,16). The van der Waals surface area contributed by atoms with Gasteiger partial charge in [0.2, 0.25) is 0 Å². The fourth-order valence-corrected chi connectivity index (χ4v) is 1.94. The number of aromatic carboxylic acids is 1. The van der Waals surface area contributed by atoms with Crippen LogP contribution in [0.15, 0.2) is 18.2 Å². The Morgan fingerprint density at radius 1 is 1.53 bits per heavy atom. The number of nitrogens with two attached hydrogens (primary N) is 1. The zero-order valence-electron chi connectivity index (χ0n) is 9.64. The van der Waals surface area contributed by atoms with E-state index in [1.165, 1.54) is 0 Å². The minimum atomic E-state index is -1.01. The second-order valence-corrected chi connectivity index (χ2v) is 4.28. The number of methoxy groups -OCH3 is 1. The fourth-order valence-electron chi connectivity index (χ4n) is 1.94. The van der Waals surface area contributed by atoms with Crippen molar-refractivity contribution in [1.82, 2.24) is 0 Å². The van der Waals surface area contributed by atoms with E-state index >= 15 is 0 Å². The third-order valence-electron chi connectivity index (χ3n) is 3.08. The van der Waals surface area contributed by atoms with Crippen molar-refractivity contribution in [1.29, 1.82) is 0 Å². The molecule has 0 bridgehead atoms. The predicted octanol–water partition coefficient (Wildman–Crippen LogP) is 1.56. The van der Waals surface area contributed by atoms with Crippen LogP contribution in [0.4, 0.5) is 11.4 Å². The summed E-state index contributed by atoms with van der Waals surface area (Å²) in [6.07, 6.45) is 2.22. The maximum absolute atomic E-state index is 10.9. The molecule has 92 valence electrons. The van der Waals surface area contributed by atoms with Crippen molar-refractivity contribution in [2.45, 2.75) is 25.0 Å². The van der Waals surface area contributed by atoms with Gasteiger partial charge in [-0.05, 0) is 31.0 Å². The Bertz CT molecular complexity index is 428. The van der Waals surface area contributed by atoms with Crippen LogP contribution < -0.4 is 11.1 Å². The van der Waals surface area contributed by atoms with Gasteiger partial charge < -0.3 is 20.9 Å². The van der Waals surface area contributed by atoms with Crippen LogP contribution in [0.5, 0.6) is 0 Å². The third-order valence-corrected chi connectivity index (χ3v) is 3.08. The van der Waals surface area contributed by atoms with Crippen molar-refractivity contribution >= 4 is 17.3 Å². The van der Waals surface area contributed by atoms with Crippen LogP contribution in [-0.2, 0) is 4.74 Å². The second kappa shape index (κ2) is 4.63. The van der Waals surface area contributed by atoms with Crippen LogP contribution in [0.1, 0.15) is 23.2 Å². The van der Waals surface area contributed by atoms with E-state index in [2.05, 4.69) is 5.32 Å². The van der Waals surface area contributed by atoms with Gasteiger partial charge in [-0.25, -0.2) is 4.79 Å². The fraction of sp³-hybridized carbons (Fsp3) is 0.417. The van der Waals surface area contributed by atoms with Gasteiger partial charge in [0.15, 0.2) is 0 Å². The average molecular weight is 236 g/mol. The first-order valence-corrected chi connectivity index (χ1v) is 5.52. The number of carboxylic acid groups (broad SMARTS) is 1. The smallest absolute Gasteiger partial charge is 0.337 e. The summed E-state index contributed by atoms with van der Waals surface area (Å²) in [6.45, 7) is 0. The highest BCUT2D eigenvalue weighted by Gasteiger charge is 2.28. The number of hydrogen-bond donors (Lipinski definition) is 3. The number of anilines is 2. The lowest BCUT2D eigenvalue weighted by Crippen LogP contribution is -2.40. The molecule has 2 rings (SSSR count). The molecule has 0 aliphatic heterocycles. The molecule has 0 heterocycles. The molecule has 5 heteroatoms. The van der Waals surface area contributed by atoms with E-state index in [0.29, 0.717) is 12.1 Å². The van der Waals surface area contributed by atoms with E-state index in [1.807, 2.05) is 0 Å². The second-order valence-electron chi connectivity index (χ2n) is 4.28. The van der Waals surface area contributed by atoms with Gasteiger partial charge >= 0.3 is 5.97 Å². The van der Waals surface area contributed by atoms with E-state index in [-0.39, 0.29) is 11.3 Å². The molecule has 0 saturated heterocycles. The summed E-state index contributed by atoms with van der Waals surface area (Å²) in [4.78, 5) is 10.9. The molecular formula is C12H16N2O3. The van der Waals surface area contributed by atoms with Gasteiger partial charge in [0.05, 0.1) is 11.7 Å². The van der Waals surface area contributed by atoms with Gasteiger partial charge in [-0.3, -0.25) is 0 Å². The molecule has 0 spiro atoms. The van der Waals surface area contributed by atoms with Crippen molar-refractivity contribution < 1.29 is 14.6 Å². The molecule has 1 saturated carbocycles. The molecule has 5 nitrogen and oxygen atoms in total. The number of ether oxygens (including phenoxy) is 1. The van der Waals surface area contributed by atoms with Gasteiger partial charge in [-0.2, -0.15) is 0 Å². The highest BCUT2D eigenvalue weighted by atomic mass is 16.5. The summed E-state index contributed by atoms with van der Waals surface area (Å²) in [6, 6.07) is 5.32. The molecule has 1 aromatic rings. The van der Waals surface area contributed by atoms with Crippen LogP contribution in [0.3, 0.4) is 0 Å². The summed E-state index contributed by atoms with van der Waals surface area (Å²) in [5.74, 6) is -1.01. The van der Waals surface area contributed by atoms with E-state index in [1.54, 1.807) is 25.3 Å². The van der Waals surface area contributed by atoms with Crippen LogP contribution in [0.2, 0.25) is 0 Å². The van der Waals surface area contributed by atoms with Gasteiger partial charge in [0, 0.05) is 24.5 Å². The molecule has 17 heavy (non-hydrogen) atoms. The molecule has 4 N–H and O–H groups in total. The highest BCUT2D eigenvalue weighted by Crippen LogP contribution is 2.27. The normalized spacial score (nSPS) is 22.9. The zero-order chi connectivity index (χ0) is 12.4. The van der Waals surface area contributed by atoms with Gasteiger partial charge in [0.25, 0.3) is 0 Å². The van der Waals surface area contributed by atoms with Gasteiger partial charge in [-0.15, -0.1) is 0 Å². The van der Waals surface area contributed by atoms with Gasteiger partial charge in [0.1, 0.15) is 0 Å². The monoisotopic (exact) mass is 236 g/mol. The SMILES string of the molecule is COC1CC(Nc2ccc(N)c(C(=O)O)c2)C1. The Hall–Kier alpha value is -1.75. The number of rotatable bonds is 4. The maximum Gasteiger partial charge on any atom is 0.337 e. The molecule has 1 aromatic carbocycles. The molecule has 0 aromatic heterocycles. The van der Waals surface area contributed by atoms with E-state index < -0.39 is 5.97 Å². The van der Waals surface area contributed by atoms with Crippen LogP contribution >= 0.6 is 0 Å². The lowest BCUT2D eigenvalue weighted by Gasteiger charge is -2.35. The van der Waals surface area contributed by atoms with Crippen LogP contribution in [-0.4, -0.2) is 30.3 Å². The molecule has 0 amide bonds. The van der Waals surface area contributed by atoms with Crippen molar-refractivity contribution in [2.75, 3.05) is 18.2 Å². The van der Waals surface area contributed by atoms with E-state index in [9.17, 15) is 4.79 Å². The zero-order valence-corrected chi connectivity index (χ0v) is 9.64. The highest BCUT2D eigenvalue weighted by molar-refractivity contribution is 5.94. The first-order valence-electron chi connectivity index (χ1n) is 5.52. The Kier molecular flexibility index (Phi) is 3.19. The Labute approximate surface area is 99.6 Å². The molecule has 1 fully saturated rings. The number of nitrogen functional groups attached to an aromatic ring is 1. The summed E-state index contributed by atoms with van der Waals surface area (Å²) in [5.41, 5.74) is 6.79. The van der Waals surface area contributed by atoms with Crippen molar-refractivity contribution in [3.8, 4) is 0 Å². The topological polar surface area (TPSA) is 84.6 Å². The van der Waals surface area contributed by atoms with Crippen molar-refractivity contribution in [3.05, 3.63) is 23.8 Å². The quantitative estimate of drug-likeness (QED) is 0.691. The Balaban J connectivity index is 2.02. The van der Waals surface area contributed by atoms with Crippen LogP contribution in [0, 0.1) is 0 Å². The Morgan fingerprint density at radius 3 is 2.82 bits per heavy atom. The Morgan fingerprint density at radius 2 is 2.24 bits per heavy atom. The lowest BCUT2D eigenvalue weighted by molar-refractivity contribution is 0.0328. The maximum atomic E-state index is 10.9. The minimum absolute atomic E-state index is 0.137. The molecule has 0 atom stereocenters. The average Bonchev–Trinajstić information content (AvgIpc) is 2.24. The molecule has 0 radical (unpaired) electrons. The largest absolute Gasteiger partial charge is 0.478 e. The van der Waals surface area contributed by atoms with Gasteiger partial charge in [-0.1, -0.05) is 0 Å². The number of benzene rings is 1. The molecular weight excluding hydrogens is 220 g/mol. The van der Waals surface area contributed by atoms with Crippen molar-refractivity contribution in [3.63, 3.8) is 0 Å². The summed E-state index contributed by atoms with van der Waals surface area (Å²) in [7, 11) is 1.70. The van der Waals surface area contributed by atoms with Crippen molar-refractivity contribution in [2.24, 2.45) is 0 Å². The number of hydrogen-bond acceptors (Lipinski definition) is 4. The number of nitrogens with one attached hydrogen (secondary N) is 1. The summed E-state index contributed by atoms with van der Waals surface area (Å²) >= 11 is 0.